The van der Waals surface area contributed by atoms with E-state index in [1.165, 1.54) is 17.6 Å². The fourth-order valence-corrected chi connectivity index (χ4v) is 4.60. The van der Waals surface area contributed by atoms with Crippen molar-refractivity contribution in [1.29, 1.82) is 0 Å². The Kier molecular flexibility index (Phi) is 4.96. The van der Waals surface area contributed by atoms with E-state index < -0.39 is 5.97 Å². The molecule has 0 amide bonds. The maximum absolute atomic E-state index is 11.3. The number of esters is 1. The molecule has 2 aromatic heterocycles. The molecule has 0 saturated carbocycles. The first-order valence-electron chi connectivity index (χ1n) is 9.31. The highest BCUT2D eigenvalue weighted by Crippen LogP contribution is 2.38. The second-order valence-corrected chi connectivity index (χ2v) is 8.15. The topological polar surface area (TPSA) is 78.6 Å². The third kappa shape index (κ3) is 3.33. The summed E-state index contributed by atoms with van der Waals surface area (Å²) in [7, 11) is 1.34. The van der Waals surface area contributed by atoms with Crippen LogP contribution in [-0.4, -0.2) is 40.2 Å². The van der Waals surface area contributed by atoms with Gasteiger partial charge in [0.05, 0.1) is 12.8 Å². The lowest BCUT2D eigenvalue weighted by Crippen LogP contribution is -2.12. The Morgan fingerprint density at radius 1 is 1.17 bits per heavy atom. The maximum Gasteiger partial charge on any atom is 0.343 e. The number of rotatable bonds is 4. The van der Waals surface area contributed by atoms with Gasteiger partial charge >= 0.3 is 5.97 Å². The summed E-state index contributed by atoms with van der Waals surface area (Å²) in [6.45, 7) is 8.14. The monoisotopic (exact) mass is 410 g/mol. The smallest absolute Gasteiger partial charge is 0.343 e. The van der Waals surface area contributed by atoms with Crippen molar-refractivity contribution >= 4 is 23.0 Å². The van der Waals surface area contributed by atoms with E-state index in [1.807, 2.05) is 38.1 Å². The summed E-state index contributed by atoms with van der Waals surface area (Å²) in [6.07, 6.45) is 0. The summed E-state index contributed by atoms with van der Waals surface area (Å²) in [5.41, 5.74) is 4.24. The SMILES string of the molecule is COC(=O)COc1ccc(C2=N[C@@H](C)c3nnc(C)n3-c3sc(C)c(C)c32)cc1. The zero-order chi connectivity index (χ0) is 20.7. The van der Waals surface area contributed by atoms with Gasteiger partial charge in [0.25, 0.3) is 0 Å². The van der Waals surface area contributed by atoms with E-state index in [0.717, 1.165) is 33.5 Å². The molecule has 0 fully saturated rings. The van der Waals surface area contributed by atoms with E-state index >= 15 is 0 Å². The number of aromatic nitrogens is 3. The van der Waals surface area contributed by atoms with Crippen molar-refractivity contribution in [2.24, 2.45) is 4.99 Å². The number of carbonyl (C=O) groups is 1. The molecule has 7 nitrogen and oxygen atoms in total. The minimum absolute atomic E-state index is 0.117. The average molecular weight is 410 g/mol. The van der Waals surface area contributed by atoms with Gasteiger partial charge in [-0.3, -0.25) is 9.56 Å². The molecule has 1 aliphatic rings. The molecule has 0 aliphatic carbocycles. The first-order valence-corrected chi connectivity index (χ1v) is 10.1. The molecule has 0 radical (unpaired) electrons. The molecular formula is C21H22N4O3S. The van der Waals surface area contributed by atoms with Crippen LogP contribution in [0.15, 0.2) is 29.3 Å². The van der Waals surface area contributed by atoms with Crippen molar-refractivity contribution in [1.82, 2.24) is 14.8 Å². The molecule has 150 valence electrons. The standard InChI is InChI=1S/C21H22N4O3S/c1-11-13(3)29-21-18(11)19(22-12(2)20-24-23-14(4)25(20)21)15-6-8-16(9-7-15)28-10-17(26)27-5/h6-9,12H,10H2,1-5H3/t12-/m0/s1. The number of carbonyl (C=O) groups excluding carboxylic acids is 1. The quantitative estimate of drug-likeness (QED) is 0.613. The first-order chi connectivity index (χ1) is 13.9. The molecule has 3 aromatic rings. The van der Waals surface area contributed by atoms with Gasteiger partial charge in [-0.25, -0.2) is 4.79 Å². The summed E-state index contributed by atoms with van der Waals surface area (Å²) >= 11 is 1.74. The van der Waals surface area contributed by atoms with Crippen molar-refractivity contribution in [3.63, 3.8) is 0 Å². The predicted octanol–water partition coefficient (Wildman–Crippen LogP) is 3.72. The number of hydrogen-bond acceptors (Lipinski definition) is 7. The Morgan fingerprint density at radius 3 is 2.59 bits per heavy atom. The van der Waals surface area contributed by atoms with Gasteiger partial charge < -0.3 is 9.47 Å². The zero-order valence-corrected chi connectivity index (χ0v) is 17.8. The molecule has 4 rings (SSSR count). The molecule has 0 bridgehead atoms. The van der Waals surface area contributed by atoms with Crippen molar-refractivity contribution in [3.8, 4) is 10.8 Å². The second kappa shape index (κ2) is 7.44. The van der Waals surface area contributed by atoms with E-state index in [-0.39, 0.29) is 12.6 Å². The number of fused-ring (bicyclic) bond motifs is 3. The van der Waals surface area contributed by atoms with Crippen LogP contribution in [0.2, 0.25) is 0 Å². The Balaban J connectivity index is 1.77. The number of nitrogens with zero attached hydrogens (tertiary/aromatic N) is 4. The lowest BCUT2D eigenvalue weighted by Gasteiger charge is -2.11. The van der Waals surface area contributed by atoms with Gasteiger partial charge in [0, 0.05) is 16.0 Å². The van der Waals surface area contributed by atoms with Crippen LogP contribution in [0.4, 0.5) is 0 Å². The highest BCUT2D eigenvalue weighted by atomic mass is 32.1. The van der Waals surface area contributed by atoms with Gasteiger partial charge in [0.1, 0.15) is 22.6 Å². The van der Waals surface area contributed by atoms with Crippen LogP contribution in [0.5, 0.6) is 5.75 Å². The van der Waals surface area contributed by atoms with Crippen LogP contribution in [-0.2, 0) is 9.53 Å². The van der Waals surface area contributed by atoms with Crippen LogP contribution in [0.25, 0.3) is 5.00 Å². The Morgan fingerprint density at radius 2 is 1.90 bits per heavy atom. The van der Waals surface area contributed by atoms with E-state index in [9.17, 15) is 4.79 Å². The number of methoxy groups -OCH3 is 1. The molecule has 1 aliphatic heterocycles. The fourth-order valence-electron chi connectivity index (χ4n) is 3.39. The predicted molar refractivity (Wildman–Crippen MR) is 111 cm³/mol. The Bertz CT molecular complexity index is 1110. The van der Waals surface area contributed by atoms with E-state index in [0.29, 0.717) is 5.75 Å². The fraction of sp³-hybridized carbons (Fsp3) is 0.333. The van der Waals surface area contributed by atoms with E-state index in [2.05, 4.69) is 33.3 Å². The Hall–Kier alpha value is -3.00. The summed E-state index contributed by atoms with van der Waals surface area (Å²) in [6, 6.07) is 7.49. The van der Waals surface area contributed by atoms with Gasteiger partial charge in [-0.1, -0.05) is 0 Å². The molecule has 3 heterocycles. The largest absolute Gasteiger partial charge is 0.482 e. The second-order valence-electron chi connectivity index (χ2n) is 6.95. The van der Waals surface area contributed by atoms with Crippen LogP contribution in [0.3, 0.4) is 0 Å². The third-order valence-electron chi connectivity index (χ3n) is 5.07. The number of hydrogen-bond donors (Lipinski definition) is 0. The summed E-state index contributed by atoms with van der Waals surface area (Å²) < 4.78 is 12.2. The number of thiophene rings is 1. The number of aryl methyl sites for hydroxylation is 2. The van der Waals surface area contributed by atoms with E-state index in [4.69, 9.17) is 9.73 Å². The highest BCUT2D eigenvalue weighted by molar-refractivity contribution is 7.15. The maximum atomic E-state index is 11.3. The number of aliphatic imine (C=N–C) groups is 1. The number of ether oxygens (including phenoxy) is 2. The minimum Gasteiger partial charge on any atom is -0.482 e. The van der Waals surface area contributed by atoms with Crippen LogP contribution in [0.1, 0.15) is 46.2 Å². The summed E-state index contributed by atoms with van der Waals surface area (Å²) in [5.74, 6) is 1.90. The zero-order valence-electron chi connectivity index (χ0n) is 17.0. The molecule has 0 saturated heterocycles. The average Bonchev–Trinajstić information content (AvgIpc) is 3.20. The Labute approximate surface area is 173 Å². The molecule has 0 N–H and O–H groups in total. The lowest BCUT2D eigenvalue weighted by atomic mass is 9.99. The van der Waals surface area contributed by atoms with Crippen molar-refractivity contribution < 1.29 is 14.3 Å². The third-order valence-corrected chi connectivity index (χ3v) is 6.26. The molecule has 8 heteroatoms. The van der Waals surface area contributed by atoms with Crippen LogP contribution >= 0.6 is 11.3 Å². The lowest BCUT2D eigenvalue weighted by molar-refractivity contribution is -0.142. The van der Waals surface area contributed by atoms with Crippen molar-refractivity contribution in [2.75, 3.05) is 13.7 Å². The van der Waals surface area contributed by atoms with Crippen molar-refractivity contribution in [2.45, 2.75) is 33.7 Å². The molecule has 0 unspecified atom stereocenters. The molecular weight excluding hydrogens is 388 g/mol. The summed E-state index contributed by atoms with van der Waals surface area (Å²) in [5, 5.41) is 9.75. The van der Waals surface area contributed by atoms with Gasteiger partial charge in [-0.15, -0.1) is 21.5 Å². The molecule has 29 heavy (non-hydrogen) atoms. The molecule has 1 aromatic carbocycles. The van der Waals surface area contributed by atoms with Crippen LogP contribution in [0, 0.1) is 20.8 Å². The molecule has 0 spiro atoms. The van der Waals surface area contributed by atoms with E-state index in [1.54, 1.807) is 11.3 Å². The minimum atomic E-state index is -0.413. The van der Waals surface area contributed by atoms with Crippen molar-refractivity contribution in [3.05, 3.63) is 57.5 Å². The highest BCUT2D eigenvalue weighted by Gasteiger charge is 2.29. The number of benzene rings is 1. The van der Waals surface area contributed by atoms with Gasteiger partial charge in [0.15, 0.2) is 12.4 Å². The first kappa shape index (κ1) is 19.3. The van der Waals surface area contributed by atoms with Gasteiger partial charge in [-0.2, -0.15) is 0 Å². The van der Waals surface area contributed by atoms with Gasteiger partial charge in [0.2, 0.25) is 0 Å². The summed E-state index contributed by atoms with van der Waals surface area (Å²) in [4.78, 5) is 17.5. The normalized spacial score (nSPS) is 15.2. The van der Waals surface area contributed by atoms with Crippen LogP contribution < -0.4 is 4.74 Å². The molecule has 1 atom stereocenters. The van der Waals surface area contributed by atoms with Gasteiger partial charge in [-0.05, 0) is 57.5 Å².